The zero-order valence-corrected chi connectivity index (χ0v) is 17.1. The highest BCUT2D eigenvalue weighted by Gasteiger charge is 2.15. The summed E-state index contributed by atoms with van der Waals surface area (Å²) < 4.78 is 2.27. The summed E-state index contributed by atoms with van der Waals surface area (Å²) in [7, 11) is 0. The largest absolute Gasteiger partial charge is 0.368 e. The topological polar surface area (TPSA) is 69.6 Å². The second kappa shape index (κ2) is 8.43. The van der Waals surface area contributed by atoms with Crippen LogP contribution >= 0.6 is 0 Å². The van der Waals surface area contributed by atoms with Gasteiger partial charge in [0.1, 0.15) is 5.69 Å². The van der Waals surface area contributed by atoms with Crippen molar-refractivity contribution in [1.29, 1.82) is 0 Å². The van der Waals surface area contributed by atoms with Crippen LogP contribution in [0.3, 0.4) is 0 Å². The van der Waals surface area contributed by atoms with Crippen LogP contribution in [0, 0.1) is 6.92 Å². The number of anilines is 1. The first-order valence-corrected chi connectivity index (χ1v) is 10.3. The Labute approximate surface area is 171 Å². The highest BCUT2D eigenvalue weighted by atomic mass is 15.1. The summed E-state index contributed by atoms with van der Waals surface area (Å²) in [6.07, 6.45) is 4.80. The second-order valence-corrected chi connectivity index (χ2v) is 7.50. The number of nitrogens with zero attached hydrogens (tertiary/aromatic N) is 4. The van der Waals surface area contributed by atoms with Gasteiger partial charge in [-0.25, -0.2) is 15.0 Å². The van der Waals surface area contributed by atoms with E-state index in [9.17, 15) is 0 Å². The molecule has 0 atom stereocenters. The lowest BCUT2D eigenvalue weighted by molar-refractivity contribution is 0.594. The van der Waals surface area contributed by atoms with Gasteiger partial charge in [0.05, 0.1) is 16.7 Å². The van der Waals surface area contributed by atoms with E-state index in [1.165, 1.54) is 24.8 Å². The standard InChI is InChI=1S/C24H27N5/c1-3-4-5-8-15-29-22-10-7-6-9-19(22)26-23(29)21-16-20(27-24(25)28-21)18-13-11-17(2)12-14-18/h6-7,9-14,16H,3-5,8,15H2,1-2H3,(H2,25,27,28). The predicted molar refractivity (Wildman–Crippen MR) is 119 cm³/mol. The van der Waals surface area contributed by atoms with Gasteiger partial charge < -0.3 is 10.3 Å². The number of benzene rings is 2. The summed E-state index contributed by atoms with van der Waals surface area (Å²) in [4.78, 5) is 13.9. The van der Waals surface area contributed by atoms with E-state index in [-0.39, 0.29) is 5.95 Å². The molecule has 29 heavy (non-hydrogen) atoms. The average Bonchev–Trinajstić information content (AvgIpc) is 3.10. The molecule has 2 aromatic carbocycles. The van der Waals surface area contributed by atoms with Gasteiger partial charge in [-0.2, -0.15) is 0 Å². The molecule has 0 fully saturated rings. The van der Waals surface area contributed by atoms with Crippen LogP contribution in [-0.2, 0) is 6.54 Å². The Bertz CT molecular complexity index is 1110. The molecule has 2 heterocycles. The number of aryl methyl sites for hydroxylation is 2. The molecule has 148 valence electrons. The number of para-hydroxylation sites is 2. The summed E-state index contributed by atoms with van der Waals surface area (Å²) in [5.41, 5.74) is 12.0. The van der Waals surface area contributed by atoms with Crippen LogP contribution in [0.5, 0.6) is 0 Å². The van der Waals surface area contributed by atoms with Gasteiger partial charge >= 0.3 is 0 Å². The third kappa shape index (κ3) is 4.14. The Balaban J connectivity index is 1.78. The lowest BCUT2D eigenvalue weighted by Gasteiger charge is -2.10. The van der Waals surface area contributed by atoms with Crippen molar-refractivity contribution in [2.75, 3.05) is 5.73 Å². The maximum atomic E-state index is 6.09. The van der Waals surface area contributed by atoms with E-state index in [4.69, 9.17) is 10.7 Å². The van der Waals surface area contributed by atoms with Crippen molar-refractivity contribution in [1.82, 2.24) is 19.5 Å². The maximum absolute atomic E-state index is 6.09. The fourth-order valence-corrected chi connectivity index (χ4v) is 3.65. The second-order valence-electron chi connectivity index (χ2n) is 7.50. The number of nitrogen functional groups attached to an aromatic ring is 1. The Hall–Kier alpha value is -3.21. The van der Waals surface area contributed by atoms with Gasteiger partial charge in [0.2, 0.25) is 5.95 Å². The van der Waals surface area contributed by atoms with Crippen molar-refractivity contribution in [2.45, 2.75) is 46.1 Å². The highest BCUT2D eigenvalue weighted by molar-refractivity contribution is 5.80. The molecular weight excluding hydrogens is 358 g/mol. The molecule has 0 aliphatic heterocycles. The summed E-state index contributed by atoms with van der Waals surface area (Å²) in [6.45, 7) is 5.22. The van der Waals surface area contributed by atoms with Gasteiger partial charge in [0.25, 0.3) is 0 Å². The van der Waals surface area contributed by atoms with Gasteiger partial charge in [0.15, 0.2) is 5.82 Å². The molecular formula is C24H27N5. The monoisotopic (exact) mass is 385 g/mol. The van der Waals surface area contributed by atoms with E-state index in [2.05, 4.69) is 64.8 Å². The zero-order valence-electron chi connectivity index (χ0n) is 17.1. The lowest BCUT2D eigenvalue weighted by Crippen LogP contribution is -2.05. The average molecular weight is 386 g/mol. The molecule has 5 nitrogen and oxygen atoms in total. The highest BCUT2D eigenvalue weighted by Crippen LogP contribution is 2.28. The van der Waals surface area contributed by atoms with Crippen LogP contribution in [0.25, 0.3) is 33.8 Å². The predicted octanol–water partition coefficient (Wildman–Crippen LogP) is 5.63. The smallest absolute Gasteiger partial charge is 0.221 e. The summed E-state index contributed by atoms with van der Waals surface area (Å²) in [5, 5.41) is 0. The SMILES string of the molecule is CCCCCCn1c(-c2cc(-c3ccc(C)cc3)nc(N)n2)nc2ccccc21. The number of hydrogen-bond donors (Lipinski definition) is 1. The van der Waals surface area contributed by atoms with Gasteiger partial charge in [-0.15, -0.1) is 0 Å². The van der Waals surface area contributed by atoms with Crippen LogP contribution in [0.15, 0.2) is 54.6 Å². The van der Waals surface area contributed by atoms with E-state index in [1.54, 1.807) is 0 Å². The van der Waals surface area contributed by atoms with Crippen molar-refractivity contribution < 1.29 is 0 Å². The van der Waals surface area contributed by atoms with Crippen LogP contribution in [0.1, 0.15) is 38.2 Å². The van der Waals surface area contributed by atoms with Gasteiger partial charge in [0, 0.05) is 12.1 Å². The molecule has 0 aliphatic rings. The quantitative estimate of drug-likeness (QED) is 0.419. The maximum Gasteiger partial charge on any atom is 0.221 e. The minimum Gasteiger partial charge on any atom is -0.368 e. The van der Waals surface area contributed by atoms with Gasteiger partial charge in [-0.05, 0) is 31.5 Å². The van der Waals surface area contributed by atoms with E-state index in [0.717, 1.165) is 46.8 Å². The Morgan fingerprint density at radius 1 is 0.862 bits per heavy atom. The van der Waals surface area contributed by atoms with Crippen molar-refractivity contribution in [2.24, 2.45) is 0 Å². The number of nitrogens with two attached hydrogens (primary N) is 1. The van der Waals surface area contributed by atoms with Crippen molar-refractivity contribution in [3.05, 3.63) is 60.2 Å². The number of hydrogen-bond acceptors (Lipinski definition) is 4. The molecule has 0 unspecified atom stereocenters. The molecule has 2 N–H and O–H groups in total. The first kappa shape index (κ1) is 19.1. The van der Waals surface area contributed by atoms with Crippen molar-refractivity contribution >= 4 is 17.0 Å². The van der Waals surface area contributed by atoms with Gasteiger partial charge in [-0.1, -0.05) is 68.1 Å². The lowest BCUT2D eigenvalue weighted by atomic mass is 10.1. The van der Waals surface area contributed by atoms with E-state index in [1.807, 2.05) is 18.2 Å². The molecule has 0 aliphatic carbocycles. The molecule has 5 heteroatoms. The van der Waals surface area contributed by atoms with Crippen LogP contribution in [0.4, 0.5) is 5.95 Å². The summed E-state index contributed by atoms with van der Waals surface area (Å²) in [6, 6.07) is 18.5. The molecule has 0 radical (unpaired) electrons. The number of unbranched alkanes of at least 4 members (excludes halogenated alkanes) is 3. The van der Waals surface area contributed by atoms with Crippen LogP contribution < -0.4 is 5.73 Å². The Kier molecular flexibility index (Phi) is 5.56. The van der Waals surface area contributed by atoms with E-state index in [0.29, 0.717) is 0 Å². The molecule has 2 aromatic heterocycles. The first-order chi connectivity index (χ1) is 14.2. The molecule has 0 bridgehead atoms. The fourth-order valence-electron chi connectivity index (χ4n) is 3.65. The number of aromatic nitrogens is 4. The Morgan fingerprint density at radius 3 is 2.41 bits per heavy atom. The fraction of sp³-hybridized carbons (Fsp3) is 0.292. The van der Waals surface area contributed by atoms with Crippen LogP contribution in [0.2, 0.25) is 0 Å². The molecule has 0 spiro atoms. The minimum atomic E-state index is 0.266. The first-order valence-electron chi connectivity index (χ1n) is 10.3. The third-order valence-electron chi connectivity index (χ3n) is 5.21. The molecule has 0 saturated heterocycles. The van der Waals surface area contributed by atoms with E-state index < -0.39 is 0 Å². The molecule has 4 rings (SSSR count). The van der Waals surface area contributed by atoms with Gasteiger partial charge in [-0.3, -0.25) is 0 Å². The zero-order chi connectivity index (χ0) is 20.2. The van der Waals surface area contributed by atoms with Crippen molar-refractivity contribution in [3.63, 3.8) is 0 Å². The van der Waals surface area contributed by atoms with Crippen molar-refractivity contribution in [3.8, 4) is 22.8 Å². The Morgan fingerprint density at radius 2 is 1.62 bits per heavy atom. The molecule has 0 saturated carbocycles. The van der Waals surface area contributed by atoms with E-state index >= 15 is 0 Å². The van der Waals surface area contributed by atoms with Crippen LogP contribution in [-0.4, -0.2) is 19.5 Å². The number of rotatable bonds is 7. The number of fused-ring (bicyclic) bond motifs is 1. The third-order valence-corrected chi connectivity index (χ3v) is 5.21. The normalized spacial score (nSPS) is 11.2. The summed E-state index contributed by atoms with van der Waals surface area (Å²) in [5.74, 6) is 1.12. The minimum absolute atomic E-state index is 0.266. The number of imidazole rings is 1. The summed E-state index contributed by atoms with van der Waals surface area (Å²) >= 11 is 0. The molecule has 0 amide bonds. The molecule has 4 aromatic rings.